The molecule has 0 fully saturated rings. The summed E-state index contributed by atoms with van der Waals surface area (Å²) in [6.07, 6.45) is 0. The molecule has 0 aliphatic heterocycles. The van der Waals surface area contributed by atoms with Gasteiger partial charge in [-0.25, -0.2) is 4.39 Å². The minimum absolute atomic E-state index is 0.198. The molecule has 19 heavy (non-hydrogen) atoms. The Balaban J connectivity index is 2.26. The monoisotopic (exact) mass is 274 g/mol. The maximum atomic E-state index is 13.1. The molecule has 96 valence electrons. The zero-order chi connectivity index (χ0) is 13.8. The van der Waals surface area contributed by atoms with Crippen molar-refractivity contribution in [1.82, 2.24) is 0 Å². The first-order valence-electron chi connectivity index (χ1n) is 5.52. The Bertz CT molecular complexity index is 679. The summed E-state index contributed by atoms with van der Waals surface area (Å²) in [4.78, 5) is 0.280. The van der Waals surface area contributed by atoms with Crippen LogP contribution in [0.25, 0.3) is 0 Å². The van der Waals surface area contributed by atoms with E-state index in [0.29, 0.717) is 11.3 Å². The van der Waals surface area contributed by atoms with Crippen LogP contribution in [0.1, 0.15) is 11.1 Å². The molecule has 1 unspecified atom stereocenters. The van der Waals surface area contributed by atoms with E-state index < -0.39 is 16.6 Å². The van der Waals surface area contributed by atoms with Gasteiger partial charge < -0.3 is 5.73 Å². The van der Waals surface area contributed by atoms with Gasteiger partial charge in [-0.05, 0) is 35.9 Å². The maximum Gasteiger partial charge on any atom is 0.124 e. The lowest BCUT2D eigenvalue weighted by molar-refractivity contribution is 0.623. The number of nitrogen functional groups attached to an aromatic ring is 1. The van der Waals surface area contributed by atoms with Crippen molar-refractivity contribution in [3.05, 3.63) is 59.4 Å². The molecule has 0 heterocycles. The molecule has 2 aromatic rings. The molecule has 0 bridgehead atoms. The van der Waals surface area contributed by atoms with Gasteiger partial charge in [-0.1, -0.05) is 12.1 Å². The highest BCUT2D eigenvalue weighted by molar-refractivity contribution is 7.84. The van der Waals surface area contributed by atoms with Gasteiger partial charge in [0.1, 0.15) is 5.82 Å². The van der Waals surface area contributed by atoms with Gasteiger partial charge >= 0.3 is 0 Å². The molecular formula is C14H11FN2OS. The fraction of sp³-hybridized carbons (Fsp3) is 0.0714. The molecule has 1 atom stereocenters. The minimum Gasteiger partial charge on any atom is -0.398 e. The highest BCUT2D eigenvalue weighted by Crippen LogP contribution is 2.20. The highest BCUT2D eigenvalue weighted by atomic mass is 32.2. The second-order valence-corrected chi connectivity index (χ2v) is 5.40. The number of nitrogens with zero attached hydrogens (tertiary/aromatic N) is 1. The lowest BCUT2D eigenvalue weighted by Gasteiger charge is -2.06. The Morgan fingerprint density at radius 1 is 1.26 bits per heavy atom. The number of hydrogen-bond donors (Lipinski definition) is 1. The fourth-order valence-corrected chi connectivity index (χ4v) is 2.88. The number of anilines is 1. The lowest BCUT2D eigenvalue weighted by Crippen LogP contribution is -2.01. The van der Waals surface area contributed by atoms with E-state index in [2.05, 4.69) is 0 Å². The number of halogens is 1. The summed E-state index contributed by atoms with van der Waals surface area (Å²) in [6, 6.07) is 12.6. The van der Waals surface area contributed by atoms with E-state index in [1.807, 2.05) is 6.07 Å². The molecule has 2 rings (SSSR count). The molecule has 3 nitrogen and oxygen atoms in total. The van der Waals surface area contributed by atoms with Crippen LogP contribution >= 0.6 is 0 Å². The van der Waals surface area contributed by atoms with Crippen molar-refractivity contribution in [2.45, 2.75) is 10.6 Å². The van der Waals surface area contributed by atoms with E-state index in [9.17, 15) is 8.60 Å². The van der Waals surface area contributed by atoms with Crippen LogP contribution in [0, 0.1) is 17.1 Å². The van der Waals surface area contributed by atoms with Gasteiger partial charge in [-0.15, -0.1) is 0 Å². The van der Waals surface area contributed by atoms with Gasteiger partial charge in [0.15, 0.2) is 0 Å². The van der Waals surface area contributed by atoms with Crippen LogP contribution in [0.2, 0.25) is 0 Å². The SMILES string of the molecule is N#Cc1cccc(CS(=O)c2cc(F)ccc2N)c1. The van der Waals surface area contributed by atoms with Crippen LogP contribution in [0.4, 0.5) is 10.1 Å². The molecule has 0 radical (unpaired) electrons. The normalized spacial score (nSPS) is 11.8. The van der Waals surface area contributed by atoms with Crippen LogP contribution < -0.4 is 5.73 Å². The van der Waals surface area contributed by atoms with Crippen molar-refractivity contribution in [2.24, 2.45) is 0 Å². The molecule has 0 aromatic heterocycles. The number of rotatable bonds is 3. The summed E-state index contributed by atoms with van der Waals surface area (Å²) in [5.74, 6) is -0.272. The number of nitrogens with two attached hydrogens (primary N) is 1. The van der Waals surface area contributed by atoms with E-state index in [-0.39, 0.29) is 10.6 Å². The lowest BCUT2D eigenvalue weighted by atomic mass is 10.2. The Morgan fingerprint density at radius 3 is 2.79 bits per heavy atom. The molecule has 0 saturated carbocycles. The van der Waals surface area contributed by atoms with Crippen molar-refractivity contribution < 1.29 is 8.60 Å². The average Bonchev–Trinajstić information content (AvgIpc) is 2.41. The third-order valence-corrected chi connectivity index (χ3v) is 4.01. The van der Waals surface area contributed by atoms with Crippen molar-refractivity contribution in [1.29, 1.82) is 5.26 Å². The second kappa shape index (κ2) is 5.63. The van der Waals surface area contributed by atoms with Crippen LogP contribution in [0.3, 0.4) is 0 Å². The van der Waals surface area contributed by atoms with Gasteiger partial charge in [0.25, 0.3) is 0 Å². The number of nitriles is 1. The van der Waals surface area contributed by atoms with Crippen LogP contribution in [-0.4, -0.2) is 4.21 Å². The standard InChI is InChI=1S/C14H11FN2OS/c15-12-4-5-13(17)14(7-12)19(18)9-11-3-1-2-10(6-11)8-16/h1-7H,9,17H2. The van der Waals surface area contributed by atoms with Gasteiger partial charge in [0.2, 0.25) is 0 Å². The summed E-state index contributed by atoms with van der Waals surface area (Å²) < 4.78 is 25.3. The van der Waals surface area contributed by atoms with Crippen LogP contribution in [0.15, 0.2) is 47.4 Å². The highest BCUT2D eigenvalue weighted by Gasteiger charge is 2.10. The van der Waals surface area contributed by atoms with E-state index in [1.54, 1.807) is 24.3 Å². The zero-order valence-electron chi connectivity index (χ0n) is 9.97. The van der Waals surface area contributed by atoms with E-state index >= 15 is 0 Å². The minimum atomic E-state index is -1.44. The quantitative estimate of drug-likeness (QED) is 0.875. The van der Waals surface area contributed by atoms with Gasteiger partial charge in [0.05, 0.1) is 33.1 Å². The molecule has 2 aromatic carbocycles. The molecule has 0 amide bonds. The van der Waals surface area contributed by atoms with E-state index in [1.165, 1.54) is 18.2 Å². The first-order chi connectivity index (χ1) is 9.10. The molecule has 0 saturated heterocycles. The fourth-order valence-electron chi connectivity index (χ4n) is 1.67. The molecule has 2 N–H and O–H groups in total. The first kappa shape index (κ1) is 13.2. The summed E-state index contributed by atoms with van der Waals surface area (Å²) >= 11 is 0. The topological polar surface area (TPSA) is 66.9 Å². The van der Waals surface area contributed by atoms with E-state index in [4.69, 9.17) is 11.0 Å². The van der Waals surface area contributed by atoms with Crippen molar-refractivity contribution in [3.63, 3.8) is 0 Å². The molecule has 0 aliphatic rings. The third-order valence-electron chi connectivity index (χ3n) is 2.57. The average molecular weight is 274 g/mol. The molecular weight excluding hydrogens is 263 g/mol. The summed E-state index contributed by atoms with van der Waals surface area (Å²) in [5, 5.41) is 8.80. The molecule has 0 aliphatic carbocycles. The van der Waals surface area contributed by atoms with Gasteiger partial charge in [-0.3, -0.25) is 4.21 Å². The summed E-state index contributed by atoms with van der Waals surface area (Å²) in [7, 11) is -1.44. The molecule has 0 spiro atoms. The first-order valence-corrected chi connectivity index (χ1v) is 6.84. The van der Waals surface area contributed by atoms with Crippen molar-refractivity contribution >= 4 is 16.5 Å². The van der Waals surface area contributed by atoms with Crippen LogP contribution in [0.5, 0.6) is 0 Å². The second-order valence-electron chi connectivity index (χ2n) is 3.98. The predicted molar refractivity (Wildman–Crippen MR) is 72.1 cm³/mol. The Labute approximate surface area is 112 Å². The number of benzene rings is 2. The van der Waals surface area contributed by atoms with E-state index in [0.717, 1.165) is 5.56 Å². The summed E-state index contributed by atoms with van der Waals surface area (Å²) in [5.41, 5.74) is 7.24. The Morgan fingerprint density at radius 2 is 2.05 bits per heavy atom. The third kappa shape index (κ3) is 3.18. The summed E-state index contributed by atoms with van der Waals surface area (Å²) in [6.45, 7) is 0. The molecule has 5 heteroatoms. The predicted octanol–water partition coefficient (Wildman–Crippen LogP) is 2.59. The smallest absolute Gasteiger partial charge is 0.124 e. The largest absolute Gasteiger partial charge is 0.398 e. The van der Waals surface area contributed by atoms with Crippen molar-refractivity contribution in [2.75, 3.05) is 5.73 Å². The van der Waals surface area contributed by atoms with Crippen molar-refractivity contribution in [3.8, 4) is 6.07 Å². The zero-order valence-corrected chi connectivity index (χ0v) is 10.8. The Hall–Kier alpha value is -2.19. The van der Waals surface area contributed by atoms with Crippen LogP contribution in [-0.2, 0) is 16.6 Å². The maximum absolute atomic E-state index is 13.1. The number of hydrogen-bond acceptors (Lipinski definition) is 3. The van der Waals surface area contributed by atoms with Gasteiger partial charge in [-0.2, -0.15) is 5.26 Å². The van der Waals surface area contributed by atoms with Gasteiger partial charge in [0, 0.05) is 5.69 Å². The Kier molecular flexibility index (Phi) is 3.93.